The number of halogens is 2. The highest BCUT2D eigenvalue weighted by Gasteiger charge is 2.15. The summed E-state index contributed by atoms with van der Waals surface area (Å²) < 4.78 is 2.30. The molecule has 15 heavy (non-hydrogen) atoms. The maximum Gasteiger partial charge on any atom is 0.0758 e. The van der Waals surface area contributed by atoms with Crippen LogP contribution in [0, 0.1) is 5.92 Å². The first-order chi connectivity index (χ1) is 7.04. The predicted octanol–water partition coefficient (Wildman–Crippen LogP) is 5.10. The number of hydrogen-bond donors (Lipinski definition) is 1. The third-order valence-corrected chi connectivity index (χ3v) is 4.91. The summed E-state index contributed by atoms with van der Waals surface area (Å²) in [5.41, 5.74) is 7.43. The monoisotopic (exact) mass is 353 g/mol. The Hall–Kier alpha value is 0.620. The second-order valence-electron chi connectivity index (χ2n) is 4.02. The summed E-state index contributed by atoms with van der Waals surface area (Å²) in [7, 11) is 0. The van der Waals surface area contributed by atoms with Crippen molar-refractivity contribution in [3.05, 3.63) is 19.2 Å². The van der Waals surface area contributed by atoms with Crippen molar-refractivity contribution in [2.75, 3.05) is 0 Å². The van der Waals surface area contributed by atoms with Gasteiger partial charge in [-0.15, -0.1) is 11.3 Å². The van der Waals surface area contributed by atoms with E-state index in [2.05, 4.69) is 51.8 Å². The molecule has 0 fully saturated rings. The molecule has 1 aromatic heterocycles. The summed E-state index contributed by atoms with van der Waals surface area (Å²) in [4.78, 5) is 0. The van der Waals surface area contributed by atoms with E-state index in [0.29, 0.717) is 5.92 Å². The molecule has 2 unspecified atom stereocenters. The highest BCUT2D eigenvalue weighted by atomic mass is 79.9. The van der Waals surface area contributed by atoms with E-state index >= 15 is 0 Å². The van der Waals surface area contributed by atoms with Gasteiger partial charge >= 0.3 is 0 Å². The van der Waals surface area contributed by atoms with Crippen LogP contribution in [0.3, 0.4) is 0 Å². The van der Waals surface area contributed by atoms with Crippen molar-refractivity contribution in [3.8, 4) is 0 Å². The van der Waals surface area contributed by atoms with Gasteiger partial charge in [0.25, 0.3) is 0 Å². The van der Waals surface area contributed by atoms with Crippen molar-refractivity contribution in [2.24, 2.45) is 11.7 Å². The summed E-state index contributed by atoms with van der Waals surface area (Å²) in [5.74, 6) is 0.704. The Bertz CT molecular complexity index is 312. The molecule has 4 heteroatoms. The maximum absolute atomic E-state index is 6.20. The number of nitrogens with two attached hydrogens (primary N) is 1. The lowest BCUT2D eigenvalue weighted by molar-refractivity contribution is 0.440. The van der Waals surface area contributed by atoms with Crippen LogP contribution in [-0.2, 0) is 0 Å². The van der Waals surface area contributed by atoms with E-state index in [4.69, 9.17) is 5.73 Å². The quantitative estimate of drug-likeness (QED) is 0.782. The second kappa shape index (κ2) is 6.38. The predicted molar refractivity (Wildman–Crippen MR) is 75.3 cm³/mol. The summed E-state index contributed by atoms with van der Waals surface area (Å²) in [6.07, 6.45) is 3.56. The lowest BCUT2D eigenvalue weighted by Gasteiger charge is -2.16. The van der Waals surface area contributed by atoms with Gasteiger partial charge in [0, 0.05) is 6.04 Å². The van der Waals surface area contributed by atoms with Gasteiger partial charge in [-0.3, -0.25) is 0 Å². The van der Waals surface area contributed by atoms with Gasteiger partial charge in [-0.2, -0.15) is 0 Å². The zero-order valence-electron chi connectivity index (χ0n) is 9.09. The highest BCUT2D eigenvalue weighted by Crippen LogP contribution is 2.36. The van der Waals surface area contributed by atoms with E-state index in [-0.39, 0.29) is 6.04 Å². The molecule has 0 spiro atoms. The Balaban J connectivity index is 2.60. The molecule has 0 saturated carbocycles. The van der Waals surface area contributed by atoms with Gasteiger partial charge in [-0.05, 0) is 55.8 Å². The third kappa shape index (κ3) is 4.17. The highest BCUT2D eigenvalue weighted by molar-refractivity contribution is 9.12. The van der Waals surface area contributed by atoms with Gasteiger partial charge in [0.05, 0.1) is 7.57 Å². The van der Waals surface area contributed by atoms with E-state index in [1.54, 1.807) is 11.3 Å². The fourth-order valence-electron chi connectivity index (χ4n) is 1.78. The molecule has 1 rings (SSSR count). The Labute approximate surface area is 113 Å². The van der Waals surface area contributed by atoms with Crippen molar-refractivity contribution in [3.63, 3.8) is 0 Å². The smallest absolute Gasteiger partial charge is 0.0758 e. The summed E-state index contributed by atoms with van der Waals surface area (Å²) >= 11 is 8.73. The topological polar surface area (TPSA) is 26.0 Å². The van der Waals surface area contributed by atoms with E-state index in [0.717, 1.165) is 14.0 Å². The first kappa shape index (κ1) is 13.7. The Morgan fingerprint density at radius 1 is 1.47 bits per heavy atom. The summed E-state index contributed by atoms with van der Waals surface area (Å²) in [6, 6.07) is 2.28. The fourth-order valence-corrected chi connectivity index (χ4v) is 4.78. The zero-order chi connectivity index (χ0) is 11.4. The minimum Gasteiger partial charge on any atom is -0.324 e. The Morgan fingerprint density at radius 3 is 2.60 bits per heavy atom. The Morgan fingerprint density at radius 2 is 2.13 bits per heavy atom. The molecule has 0 aliphatic rings. The first-order valence-electron chi connectivity index (χ1n) is 5.24. The lowest BCUT2D eigenvalue weighted by atomic mass is 9.95. The van der Waals surface area contributed by atoms with Gasteiger partial charge in [0.15, 0.2) is 0 Å². The van der Waals surface area contributed by atoms with Gasteiger partial charge in [-0.1, -0.05) is 26.7 Å². The van der Waals surface area contributed by atoms with E-state index in [1.165, 1.54) is 18.4 Å². The molecular formula is C11H17Br2NS. The minimum atomic E-state index is 0.156. The molecule has 0 amide bonds. The molecule has 0 aliphatic heterocycles. The van der Waals surface area contributed by atoms with E-state index in [1.807, 2.05) is 0 Å². The van der Waals surface area contributed by atoms with Gasteiger partial charge in [-0.25, -0.2) is 0 Å². The summed E-state index contributed by atoms with van der Waals surface area (Å²) in [5, 5.41) is 0. The van der Waals surface area contributed by atoms with E-state index in [9.17, 15) is 0 Å². The van der Waals surface area contributed by atoms with Crippen LogP contribution in [0.15, 0.2) is 13.6 Å². The van der Waals surface area contributed by atoms with Crippen molar-refractivity contribution in [2.45, 2.75) is 39.2 Å². The van der Waals surface area contributed by atoms with Crippen LogP contribution in [0.1, 0.15) is 44.7 Å². The van der Waals surface area contributed by atoms with Crippen molar-refractivity contribution in [1.29, 1.82) is 0 Å². The molecule has 2 N–H and O–H groups in total. The average Bonchev–Trinajstić information content (AvgIpc) is 2.45. The molecule has 0 aliphatic carbocycles. The van der Waals surface area contributed by atoms with Crippen LogP contribution >= 0.6 is 43.2 Å². The SMILES string of the molecule is CCCC(C)CC(N)c1cc(Br)sc1Br. The first-order valence-corrected chi connectivity index (χ1v) is 7.65. The minimum absolute atomic E-state index is 0.156. The standard InChI is InChI=1S/C11H17Br2NS/c1-3-4-7(2)5-9(14)8-6-10(12)15-11(8)13/h6-7,9H,3-5,14H2,1-2H3. The third-order valence-electron chi connectivity index (χ3n) is 2.52. The normalized spacial score (nSPS) is 15.3. The summed E-state index contributed by atoms with van der Waals surface area (Å²) in [6.45, 7) is 4.50. The second-order valence-corrected chi connectivity index (χ2v) is 7.76. The van der Waals surface area contributed by atoms with Crippen LogP contribution in [0.2, 0.25) is 0 Å². The lowest BCUT2D eigenvalue weighted by Crippen LogP contribution is -2.13. The molecule has 86 valence electrons. The molecule has 1 heterocycles. The van der Waals surface area contributed by atoms with Crippen molar-refractivity contribution < 1.29 is 0 Å². The largest absolute Gasteiger partial charge is 0.324 e. The van der Waals surface area contributed by atoms with Crippen molar-refractivity contribution >= 4 is 43.2 Å². The fraction of sp³-hybridized carbons (Fsp3) is 0.636. The molecule has 0 aromatic carbocycles. The Kier molecular flexibility index (Phi) is 5.82. The van der Waals surface area contributed by atoms with Crippen LogP contribution in [-0.4, -0.2) is 0 Å². The maximum atomic E-state index is 6.20. The molecule has 1 nitrogen and oxygen atoms in total. The molecule has 1 aromatic rings. The van der Waals surface area contributed by atoms with E-state index < -0.39 is 0 Å². The average molecular weight is 355 g/mol. The van der Waals surface area contributed by atoms with Crippen LogP contribution in [0.5, 0.6) is 0 Å². The molecular weight excluding hydrogens is 338 g/mol. The molecule has 2 atom stereocenters. The van der Waals surface area contributed by atoms with Gasteiger partial charge in [0.1, 0.15) is 0 Å². The van der Waals surface area contributed by atoms with Crippen LogP contribution < -0.4 is 5.73 Å². The van der Waals surface area contributed by atoms with Crippen molar-refractivity contribution in [1.82, 2.24) is 0 Å². The molecule has 0 saturated heterocycles. The number of thiophene rings is 1. The van der Waals surface area contributed by atoms with Gasteiger partial charge < -0.3 is 5.73 Å². The van der Waals surface area contributed by atoms with Crippen LogP contribution in [0.25, 0.3) is 0 Å². The zero-order valence-corrected chi connectivity index (χ0v) is 13.1. The van der Waals surface area contributed by atoms with Crippen LogP contribution in [0.4, 0.5) is 0 Å². The molecule has 0 radical (unpaired) electrons. The number of hydrogen-bond acceptors (Lipinski definition) is 2. The van der Waals surface area contributed by atoms with Gasteiger partial charge in [0.2, 0.25) is 0 Å². The number of rotatable bonds is 5. The molecule has 0 bridgehead atoms.